The first-order valence-corrected chi connectivity index (χ1v) is 9.33. The van der Waals surface area contributed by atoms with Crippen molar-refractivity contribution in [2.45, 2.75) is 50.8 Å². The molecule has 1 N–H and O–H groups in total. The number of anilines is 1. The van der Waals surface area contributed by atoms with Crippen LogP contribution in [-0.2, 0) is 14.3 Å². The van der Waals surface area contributed by atoms with E-state index in [2.05, 4.69) is 22.4 Å². The fourth-order valence-corrected chi connectivity index (χ4v) is 3.37. The van der Waals surface area contributed by atoms with Gasteiger partial charge in [-0.2, -0.15) is 0 Å². The third kappa shape index (κ3) is 6.74. The molecule has 8 heteroatoms. The zero-order valence-corrected chi connectivity index (χ0v) is 14.9. The standard InChI is InChI=1S/C14H23N3O3S2/c1-4-7-8-10(5-2)12(19)15-13-16-17-14(22-13)21-9-11(18)20-6-3/h10H,4-9H2,1-3H3,(H,15,16,19)/t10-/m0/s1. The molecule has 0 saturated carbocycles. The molecule has 0 aromatic carbocycles. The van der Waals surface area contributed by atoms with E-state index in [-0.39, 0.29) is 23.5 Å². The Hall–Kier alpha value is -1.15. The quantitative estimate of drug-likeness (QED) is 0.398. The molecule has 1 aromatic heterocycles. The van der Waals surface area contributed by atoms with Gasteiger partial charge < -0.3 is 10.1 Å². The zero-order valence-electron chi connectivity index (χ0n) is 13.3. The third-order valence-corrected chi connectivity index (χ3v) is 4.97. The lowest BCUT2D eigenvalue weighted by Gasteiger charge is -2.12. The van der Waals surface area contributed by atoms with Crippen molar-refractivity contribution in [3.8, 4) is 0 Å². The van der Waals surface area contributed by atoms with Crippen LogP contribution in [0, 0.1) is 5.92 Å². The van der Waals surface area contributed by atoms with E-state index < -0.39 is 0 Å². The van der Waals surface area contributed by atoms with Crippen LogP contribution < -0.4 is 5.32 Å². The van der Waals surface area contributed by atoms with Gasteiger partial charge in [-0.1, -0.05) is 49.8 Å². The van der Waals surface area contributed by atoms with Gasteiger partial charge in [0, 0.05) is 5.92 Å². The van der Waals surface area contributed by atoms with Crippen LogP contribution >= 0.6 is 23.1 Å². The second-order valence-corrected chi connectivity index (χ2v) is 6.90. The summed E-state index contributed by atoms with van der Waals surface area (Å²) in [5, 5.41) is 11.2. The van der Waals surface area contributed by atoms with E-state index in [1.165, 1.54) is 23.1 Å². The Morgan fingerprint density at radius 2 is 2.09 bits per heavy atom. The molecule has 22 heavy (non-hydrogen) atoms. The van der Waals surface area contributed by atoms with E-state index in [0.717, 1.165) is 25.7 Å². The lowest BCUT2D eigenvalue weighted by molar-refractivity contribution is -0.139. The van der Waals surface area contributed by atoms with Gasteiger partial charge >= 0.3 is 5.97 Å². The Balaban J connectivity index is 2.46. The SMILES string of the molecule is CCCC[C@H](CC)C(=O)Nc1nnc(SCC(=O)OCC)s1. The molecule has 6 nitrogen and oxygen atoms in total. The zero-order chi connectivity index (χ0) is 16.4. The molecule has 1 atom stereocenters. The lowest BCUT2D eigenvalue weighted by Crippen LogP contribution is -2.22. The average molecular weight is 345 g/mol. The molecular weight excluding hydrogens is 322 g/mol. The van der Waals surface area contributed by atoms with E-state index in [9.17, 15) is 9.59 Å². The molecule has 1 heterocycles. The highest BCUT2D eigenvalue weighted by Gasteiger charge is 2.18. The highest BCUT2D eigenvalue weighted by molar-refractivity contribution is 8.01. The van der Waals surface area contributed by atoms with Crippen molar-refractivity contribution in [2.75, 3.05) is 17.7 Å². The molecule has 0 unspecified atom stereocenters. The topological polar surface area (TPSA) is 81.2 Å². The van der Waals surface area contributed by atoms with Crippen molar-refractivity contribution in [2.24, 2.45) is 5.92 Å². The number of esters is 1. The molecule has 124 valence electrons. The number of carbonyl (C=O) groups is 2. The second kappa shape index (κ2) is 10.6. The number of nitrogens with one attached hydrogen (secondary N) is 1. The van der Waals surface area contributed by atoms with Gasteiger partial charge in [0.2, 0.25) is 11.0 Å². The smallest absolute Gasteiger partial charge is 0.316 e. The summed E-state index contributed by atoms with van der Waals surface area (Å²) in [4.78, 5) is 23.4. The second-order valence-electron chi connectivity index (χ2n) is 4.70. The summed E-state index contributed by atoms with van der Waals surface area (Å²) in [5.74, 6) is -0.0720. The van der Waals surface area contributed by atoms with Crippen molar-refractivity contribution in [3.63, 3.8) is 0 Å². The van der Waals surface area contributed by atoms with Gasteiger partial charge in [-0.05, 0) is 19.8 Å². The number of ether oxygens (including phenoxy) is 1. The lowest BCUT2D eigenvalue weighted by atomic mass is 9.99. The minimum Gasteiger partial charge on any atom is -0.465 e. The van der Waals surface area contributed by atoms with Gasteiger partial charge in [0.25, 0.3) is 0 Å². The molecule has 0 aliphatic heterocycles. The van der Waals surface area contributed by atoms with Crippen LogP contribution in [0.3, 0.4) is 0 Å². The summed E-state index contributed by atoms with van der Waals surface area (Å²) in [5.41, 5.74) is 0. The van der Waals surface area contributed by atoms with Crippen LogP contribution in [0.2, 0.25) is 0 Å². The predicted octanol–water partition coefficient (Wildman–Crippen LogP) is 3.35. The Labute approximate surface area is 139 Å². The molecule has 1 aromatic rings. The Morgan fingerprint density at radius 3 is 2.73 bits per heavy atom. The fourth-order valence-electron chi connectivity index (χ4n) is 1.82. The number of aromatic nitrogens is 2. The minimum atomic E-state index is -0.279. The number of nitrogens with zero attached hydrogens (tertiary/aromatic N) is 2. The van der Waals surface area contributed by atoms with Crippen molar-refractivity contribution >= 4 is 40.1 Å². The van der Waals surface area contributed by atoms with Gasteiger partial charge in [-0.15, -0.1) is 10.2 Å². The monoisotopic (exact) mass is 345 g/mol. The normalized spacial score (nSPS) is 12.0. The largest absolute Gasteiger partial charge is 0.465 e. The highest BCUT2D eigenvalue weighted by atomic mass is 32.2. The number of hydrogen-bond donors (Lipinski definition) is 1. The molecule has 0 aliphatic rings. The average Bonchev–Trinajstić information content (AvgIpc) is 2.94. The number of hydrogen-bond acceptors (Lipinski definition) is 7. The molecule has 1 amide bonds. The summed E-state index contributed by atoms with van der Waals surface area (Å²) in [6, 6.07) is 0. The number of thioether (sulfide) groups is 1. The first kappa shape index (κ1) is 18.9. The Bertz CT molecular complexity index is 480. The van der Waals surface area contributed by atoms with Crippen molar-refractivity contribution in [3.05, 3.63) is 0 Å². The predicted molar refractivity (Wildman–Crippen MR) is 89.2 cm³/mol. The van der Waals surface area contributed by atoms with E-state index in [1.54, 1.807) is 6.92 Å². The van der Waals surface area contributed by atoms with Crippen molar-refractivity contribution in [1.29, 1.82) is 0 Å². The number of carbonyl (C=O) groups excluding carboxylic acids is 2. The Kier molecular flexibility index (Phi) is 9.07. The van der Waals surface area contributed by atoms with Crippen LogP contribution in [0.5, 0.6) is 0 Å². The van der Waals surface area contributed by atoms with Crippen LogP contribution in [0.15, 0.2) is 4.34 Å². The van der Waals surface area contributed by atoms with Crippen molar-refractivity contribution in [1.82, 2.24) is 10.2 Å². The number of amides is 1. The molecular formula is C14H23N3O3S2. The molecule has 0 spiro atoms. The molecule has 0 aliphatic carbocycles. The number of rotatable bonds is 10. The van der Waals surface area contributed by atoms with Crippen molar-refractivity contribution < 1.29 is 14.3 Å². The first-order chi connectivity index (χ1) is 10.6. The first-order valence-electron chi connectivity index (χ1n) is 7.53. The molecule has 0 saturated heterocycles. The summed E-state index contributed by atoms with van der Waals surface area (Å²) in [6.07, 6.45) is 3.83. The van der Waals surface area contributed by atoms with Crippen LogP contribution in [0.4, 0.5) is 5.13 Å². The van der Waals surface area contributed by atoms with Gasteiger partial charge in [0.05, 0.1) is 12.4 Å². The van der Waals surface area contributed by atoms with Crippen LogP contribution in [0.25, 0.3) is 0 Å². The van der Waals surface area contributed by atoms with E-state index in [4.69, 9.17) is 4.74 Å². The van der Waals surface area contributed by atoms with Crippen LogP contribution in [-0.4, -0.2) is 34.4 Å². The summed E-state index contributed by atoms with van der Waals surface area (Å²) in [7, 11) is 0. The van der Waals surface area contributed by atoms with Gasteiger partial charge in [-0.3, -0.25) is 9.59 Å². The van der Waals surface area contributed by atoms with E-state index in [1.807, 2.05) is 6.92 Å². The molecule has 0 bridgehead atoms. The summed E-state index contributed by atoms with van der Waals surface area (Å²) >= 11 is 2.54. The van der Waals surface area contributed by atoms with E-state index in [0.29, 0.717) is 16.1 Å². The van der Waals surface area contributed by atoms with Gasteiger partial charge in [0.1, 0.15) is 0 Å². The third-order valence-electron chi connectivity index (χ3n) is 3.03. The molecule has 1 rings (SSSR count). The van der Waals surface area contributed by atoms with Gasteiger partial charge in [-0.25, -0.2) is 0 Å². The van der Waals surface area contributed by atoms with Gasteiger partial charge in [0.15, 0.2) is 4.34 Å². The number of unbranched alkanes of at least 4 members (excludes halogenated alkanes) is 1. The highest BCUT2D eigenvalue weighted by Crippen LogP contribution is 2.26. The maximum Gasteiger partial charge on any atom is 0.316 e. The fraction of sp³-hybridized carbons (Fsp3) is 0.714. The molecule has 0 radical (unpaired) electrons. The summed E-state index contributed by atoms with van der Waals surface area (Å²) < 4.78 is 5.49. The molecule has 0 fully saturated rings. The Morgan fingerprint density at radius 1 is 1.32 bits per heavy atom. The maximum atomic E-state index is 12.2. The maximum absolute atomic E-state index is 12.2. The van der Waals surface area contributed by atoms with Crippen LogP contribution in [0.1, 0.15) is 46.5 Å². The summed E-state index contributed by atoms with van der Waals surface area (Å²) in [6.45, 7) is 6.26. The van der Waals surface area contributed by atoms with E-state index >= 15 is 0 Å². The minimum absolute atomic E-state index is 0.00552.